The van der Waals surface area contributed by atoms with Crippen LogP contribution in [0.1, 0.15) is 54.1 Å². The largest absolute Gasteiger partial charge is 0.328 e. The summed E-state index contributed by atoms with van der Waals surface area (Å²) >= 11 is 6.35. The van der Waals surface area contributed by atoms with Crippen molar-refractivity contribution in [1.29, 1.82) is 0 Å². The van der Waals surface area contributed by atoms with E-state index in [4.69, 9.17) is 17.3 Å². The molecule has 0 radical (unpaired) electrons. The quantitative estimate of drug-likeness (QED) is 0.669. The second kappa shape index (κ2) is 8.90. The maximum Gasteiger partial charge on any atom is 0.281 e. The number of nitrogens with two attached hydrogens (primary N) is 1. The van der Waals surface area contributed by atoms with Crippen LogP contribution in [0.4, 0.5) is 0 Å². The molecule has 170 valence electrons. The first kappa shape index (κ1) is 22.9. The SMILES string of the molecule is C[C@@H]1CN(S(=O)(=O)N2CCC(N)CC2)CC[C@H]1CC(=O)c1cc2c(cc1Cl)CC(=O)C2. The number of Topliss-reactive ketones (excluding diaryl/α,β-unsaturated/α-hetero) is 2. The molecule has 0 amide bonds. The van der Waals surface area contributed by atoms with Crippen molar-refractivity contribution >= 4 is 33.4 Å². The summed E-state index contributed by atoms with van der Waals surface area (Å²) in [6, 6.07) is 3.60. The third-order valence-corrected chi connectivity index (χ3v) is 9.32. The Labute approximate surface area is 189 Å². The van der Waals surface area contributed by atoms with Crippen LogP contribution in [0.3, 0.4) is 0 Å². The fourth-order valence-corrected chi connectivity index (χ4v) is 7.03. The number of carbonyl (C=O) groups is 2. The minimum atomic E-state index is -3.49. The lowest BCUT2D eigenvalue weighted by molar-refractivity contribution is -0.117. The summed E-state index contributed by atoms with van der Waals surface area (Å²) in [5, 5.41) is 0.398. The second-order valence-electron chi connectivity index (χ2n) is 9.25. The Kier molecular flexibility index (Phi) is 6.57. The summed E-state index contributed by atoms with van der Waals surface area (Å²) in [6.45, 7) is 3.77. The van der Waals surface area contributed by atoms with Gasteiger partial charge < -0.3 is 5.73 Å². The van der Waals surface area contributed by atoms with Gasteiger partial charge in [0.05, 0.1) is 5.02 Å². The molecular formula is C22H30ClN3O4S. The number of piperidine rings is 2. The van der Waals surface area contributed by atoms with E-state index in [0.717, 1.165) is 11.1 Å². The standard InChI is InChI=1S/C22H30ClN3O4S/c1-14-13-26(31(29,30)25-6-3-18(24)4-7-25)5-2-15(14)12-22(28)20-10-16-8-19(27)9-17(16)11-21(20)23/h10-11,14-15,18H,2-9,12-13,24H2,1H3/t14-,15+/m1/s1. The molecule has 0 aromatic heterocycles. The molecule has 1 aromatic rings. The normalized spacial score (nSPS) is 26.2. The topological polar surface area (TPSA) is 101 Å². The summed E-state index contributed by atoms with van der Waals surface area (Å²) < 4.78 is 29.1. The molecule has 2 saturated heterocycles. The second-order valence-corrected chi connectivity index (χ2v) is 11.6. The van der Waals surface area contributed by atoms with E-state index in [1.165, 1.54) is 0 Å². The van der Waals surface area contributed by atoms with Gasteiger partial charge in [0.15, 0.2) is 5.78 Å². The highest BCUT2D eigenvalue weighted by molar-refractivity contribution is 7.86. The molecule has 9 heteroatoms. The van der Waals surface area contributed by atoms with Gasteiger partial charge in [-0.15, -0.1) is 0 Å². The number of halogens is 1. The number of ketones is 2. The molecule has 2 fully saturated rings. The number of nitrogens with zero attached hydrogens (tertiary/aromatic N) is 2. The van der Waals surface area contributed by atoms with Crippen LogP contribution >= 0.6 is 11.6 Å². The summed E-state index contributed by atoms with van der Waals surface area (Å²) in [5.74, 6) is 0.271. The molecular weight excluding hydrogens is 438 g/mol. The number of benzene rings is 1. The zero-order valence-corrected chi connectivity index (χ0v) is 19.4. The zero-order chi connectivity index (χ0) is 22.3. The molecule has 0 bridgehead atoms. The Bertz CT molecular complexity index is 989. The molecule has 2 N–H and O–H groups in total. The van der Waals surface area contributed by atoms with Crippen LogP contribution in [0.2, 0.25) is 5.02 Å². The van der Waals surface area contributed by atoms with Gasteiger partial charge in [0.25, 0.3) is 10.2 Å². The molecule has 7 nitrogen and oxygen atoms in total. The zero-order valence-electron chi connectivity index (χ0n) is 17.8. The van der Waals surface area contributed by atoms with Crippen LogP contribution in [0.15, 0.2) is 12.1 Å². The summed E-state index contributed by atoms with van der Waals surface area (Å²) in [4.78, 5) is 24.7. The van der Waals surface area contributed by atoms with Crippen molar-refractivity contribution in [1.82, 2.24) is 8.61 Å². The van der Waals surface area contributed by atoms with Gasteiger partial charge in [-0.25, -0.2) is 0 Å². The molecule has 0 spiro atoms. The molecule has 2 atom stereocenters. The monoisotopic (exact) mass is 467 g/mol. The first-order valence-electron chi connectivity index (χ1n) is 11.0. The molecule has 4 rings (SSSR count). The van der Waals surface area contributed by atoms with Gasteiger partial charge in [0, 0.05) is 57.0 Å². The Morgan fingerprint density at radius 1 is 1.10 bits per heavy atom. The minimum Gasteiger partial charge on any atom is -0.328 e. The molecule has 0 unspecified atom stereocenters. The van der Waals surface area contributed by atoms with Gasteiger partial charge in [0.1, 0.15) is 5.78 Å². The first-order valence-corrected chi connectivity index (χ1v) is 12.8. The first-order chi connectivity index (χ1) is 14.6. The van der Waals surface area contributed by atoms with Gasteiger partial charge >= 0.3 is 0 Å². The molecule has 31 heavy (non-hydrogen) atoms. The van der Waals surface area contributed by atoms with Crippen LogP contribution in [0.5, 0.6) is 0 Å². The van der Waals surface area contributed by atoms with Crippen LogP contribution in [0.25, 0.3) is 0 Å². The predicted molar refractivity (Wildman–Crippen MR) is 119 cm³/mol. The van der Waals surface area contributed by atoms with E-state index < -0.39 is 10.2 Å². The van der Waals surface area contributed by atoms with E-state index in [0.29, 0.717) is 75.3 Å². The number of carbonyl (C=O) groups excluding carboxylic acids is 2. The lowest BCUT2D eigenvalue weighted by atomic mass is 9.83. The van der Waals surface area contributed by atoms with Crippen molar-refractivity contribution in [3.05, 3.63) is 33.8 Å². The number of hydrogen-bond acceptors (Lipinski definition) is 5. The summed E-state index contributed by atoms with van der Waals surface area (Å²) in [6.07, 6.45) is 3.09. The van der Waals surface area contributed by atoms with Crippen LogP contribution in [-0.4, -0.2) is 60.8 Å². The summed E-state index contributed by atoms with van der Waals surface area (Å²) in [5.41, 5.74) is 8.19. The van der Waals surface area contributed by atoms with E-state index in [1.54, 1.807) is 20.7 Å². The minimum absolute atomic E-state index is 0.0367. The van der Waals surface area contributed by atoms with E-state index in [9.17, 15) is 18.0 Å². The smallest absolute Gasteiger partial charge is 0.281 e. The van der Waals surface area contributed by atoms with Crippen LogP contribution in [-0.2, 0) is 27.8 Å². The van der Waals surface area contributed by atoms with Gasteiger partial charge in [-0.3, -0.25) is 9.59 Å². The fraction of sp³-hybridized carbons (Fsp3) is 0.636. The third-order valence-electron chi connectivity index (χ3n) is 7.01. The van der Waals surface area contributed by atoms with Crippen molar-refractivity contribution in [3.8, 4) is 0 Å². The number of fused-ring (bicyclic) bond motifs is 1. The lowest BCUT2D eigenvalue weighted by Gasteiger charge is -2.39. The van der Waals surface area contributed by atoms with Gasteiger partial charge in [-0.1, -0.05) is 18.5 Å². The van der Waals surface area contributed by atoms with Crippen molar-refractivity contribution < 1.29 is 18.0 Å². The average molecular weight is 468 g/mol. The Balaban J connectivity index is 1.39. The van der Waals surface area contributed by atoms with E-state index in [-0.39, 0.29) is 29.4 Å². The third kappa shape index (κ3) is 4.73. The molecule has 2 aliphatic heterocycles. The highest BCUT2D eigenvalue weighted by Gasteiger charge is 2.38. The van der Waals surface area contributed by atoms with Crippen molar-refractivity contribution in [3.63, 3.8) is 0 Å². The maximum absolute atomic E-state index is 13.0. The number of hydrogen-bond donors (Lipinski definition) is 1. The van der Waals surface area contributed by atoms with Crippen molar-refractivity contribution in [2.75, 3.05) is 26.2 Å². The van der Waals surface area contributed by atoms with E-state index in [2.05, 4.69) is 0 Å². The molecule has 1 aliphatic carbocycles. The van der Waals surface area contributed by atoms with E-state index in [1.807, 2.05) is 6.92 Å². The number of rotatable bonds is 5. The molecule has 1 aromatic carbocycles. The predicted octanol–water partition coefficient (Wildman–Crippen LogP) is 2.21. The average Bonchev–Trinajstić information content (AvgIpc) is 3.07. The Morgan fingerprint density at radius 3 is 2.35 bits per heavy atom. The highest BCUT2D eigenvalue weighted by Crippen LogP contribution is 2.33. The molecule has 0 saturated carbocycles. The van der Waals surface area contributed by atoms with E-state index >= 15 is 0 Å². The van der Waals surface area contributed by atoms with Crippen LogP contribution in [0, 0.1) is 11.8 Å². The fourth-order valence-electron chi connectivity index (χ4n) is 4.98. The van der Waals surface area contributed by atoms with Gasteiger partial charge in [-0.05, 0) is 54.4 Å². The molecule has 2 heterocycles. The molecule has 3 aliphatic rings. The maximum atomic E-state index is 13.0. The van der Waals surface area contributed by atoms with Gasteiger partial charge in [0.2, 0.25) is 0 Å². The van der Waals surface area contributed by atoms with Crippen molar-refractivity contribution in [2.24, 2.45) is 17.6 Å². The van der Waals surface area contributed by atoms with Crippen LogP contribution < -0.4 is 5.73 Å². The Hall–Kier alpha value is -1.32. The van der Waals surface area contributed by atoms with Crippen molar-refractivity contribution in [2.45, 2.75) is 51.5 Å². The lowest BCUT2D eigenvalue weighted by Crippen LogP contribution is -2.52. The van der Waals surface area contributed by atoms with Gasteiger partial charge in [-0.2, -0.15) is 17.0 Å². The Morgan fingerprint density at radius 2 is 1.71 bits per heavy atom. The summed E-state index contributed by atoms with van der Waals surface area (Å²) in [7, 11) is -3.49. The highest BCUT2D eigenvalue weighted by atomic mass is 35.5.